The van der Waals surface area contributed by atoms with Crippen LogP contribution in [0.2, 0.25) is 0 Å². The molecule has 0 bridgehead atoms. The van der Waals surface area contributed by atoms with Gasteiger partial charge in [0.25, 0.3) is 0 Å². The lowest BCUT2D eigenvalue weighted by Crippen LogP contribution is -2.50. The third kappa shape index (κ3) is 5.35. The highest BCUT2D eigenvalue weighted by Gasteiger charge is 2.30. The Morgan fingerprint density at radius 2 is 1.85 bits per heavy atom. The number of hydrogen-bond acceptors (Lipinski definition) is 4. The highest BCUT2D eigenvalue weighted by molar-refractivity contribution is 7.80. The van der Waals surface area contributed by atoms with Crippen LogP contribution < -0.4 is 25.4 Å². The van der Waals surface area contributed by atoms with Gasteiger partial charge < -0.3 is 30.3 Å². The minimum Gasteiger partial charge on any atom is -0.493 e. The average Bonchev–Trinajstić information content (AvgIpc) is 2.64. The molecule has 0 aromatic heterocycles. The van der Waals surface area contributed by atoms with E-state index in [-0.39, 0.29) is 12.1 Å². The molecule has 0 radical (unpaired) electrons. The van der Waals surface area contributed by atoms with Gasteiger partial charge in [-0.25, -0.2) is 0 Å². The van der Waals surface area contributed by atoms with Crippen molar-refractivity contribution in [1.82, 2.24) is 20.9 Å². The monoisotopic (exact) mass is 410 g/mol. The number of ether oxygens (including phenoxy) is 2. The van der Waals surface area contributed by atoms with Crippen LogP contribution in [-0.2, 0) is 6.42 Å². The summed E-state index contributed by atoms with van der Waals surface area (Å²) in [6.07, 6.45) is 0.895. The lowest BCUT2D eigenvalue weighted by atomic mass is 9.92. The molecule has 0 spiro atoms. The lowest BCUT2D eigenvalue weighted by Gasteiger charge is -2.39. The molecule has 1 aliphatic rings. The number of nitrogens with one attached hydrogen (secondary N) is 3. The van der Waals surface area contributed by atoms with Gasteiger partial charge in [-0.15, -0.1) is 0 Å². The molecule has 0 amide bonds. The Balaban J connectivity index is 2.33. The second kappa shape index (κ2) is 9.94. The molecule has 8 heteroatoms. The normalized spacial score (nSPS) is 15.8. The number of hydrogen-bond donors (Lipinski definition) is 3. The fourth-order valence-corrected chi connectivity index (χ4v) is 3.93. The van der Waals surface area contributed by atoms with Gasteiger partial charge in [-0.1, -0.05) is 0 Å². The SMILES string of the molecule is CCNC(=S)N1CCc2cc(OC)c(OC)cc2C1CNC(=S)NC(C)C. The third-order valence-corrected chi connectivity index (χ3v) is 5.11. The van der Waals surface area contributed by atoms with E-state index >= 15 is 0 Å². The topological polar surface area (TPSA) is 57.8 Å². The first-order valence-electron chi connectivity index (χ1n) is 9.24. The van der Waals surface area contributed by atoms with E-state index in [9.17, 15) is 0 Å². The average molecular weight is 411 g/mol. The first-order chi connectivity index (χ1) is 12.9. The molecule has 1 aromatic carbocycles. The molecule has 1 aromatic rings. The van der Waals surface area contributed by atoms with Crippen LogP contribution in [0.25, 0.3) is 0 Å². The van der Waals surface area contributed by atoms with E-state index in [1.165, 1.54) is 11.1 Å². The molecular weight excluding hydrogens is 380 g/mol. The smallest absolute Gasteiger partial charge is 0.169 e. The quantitative estimate of drug-likeness (QED) is 0.618. The van der Waals surface area contributed by atoms with E-state index in [0.717, 1.165) is 36.1 Å². The maximum Gasteiger partial charge on any atom is 0.169 e. The number of rotatable bonds is 6. The summed E-state index contributed by atoms with van der Waals surface area (Å²) in [7, 11) is 3.32. The number of fused-ring (bicyclic) bond motifs is 1. The predicted molar refractivity (Wildman–Crippen MR) is 118 cm³/mol. The molecule has 3 N–H and O–H groups in total. The number of nitrogens with zero attached hydrogens (tertiary/aromatic N) is 1. The van der Waals surface area contributed by atoms with Crippen LogP contribution in [-0.4, -0.2) is 55.0 Å². The van der Waals surface area contributed by atoms with E-state index in [0.29, 0.717) is 11.7 Å². The summed E-state index contributed by atoms with van der Waals surface area (Å²) >= 11 is 11.0. The zero-order valence-electron chi connectivity index (χ0n) is 16.7. The van der Waals surface area contributed by atoms with Crippen LogP contribution in [0.15, 0.2) is 12.1 Å². The van der Waals surface area contributed by atoms with E-state index in [2.05, 4.69) is 46.8 Å². The summed E-state index contributed by atoms with van der Waals surface area (Å²) in [5, 5.41) is 11.2. The molecule has 27 heavy (non-hydrogen) atoms. The zero-order chi connectivity index (χ0) is 20.0. The van der Waals surface area contributed by atoms with Crippen LogP contribution in [0, 0.1) is 0 Å². The van der Waals surface area contributed by atoms with Gasteiger partial charge in [0.05, 0.1) is 20.3 Å². The van der Waals surface area contributed by atoms with E-state index < -0.39 is 0 Å². The molecule has 1 heterocycles. The summed E-state index contributed by atoms with van der Waals surface area (Å²) in [5.41, 5.74) is 2.43. The fraction of sp³-hybridized carbons (Fsp3) is 0.579. The van der Waals surface area contributed by atoms with Crippen molar-refractivity contribution < 1.29 is 9.47 Å². The number of benzene rings is 1. The molecule has 6 nitrogen and oxygen atoms in total. The lowest BCUT2D eigenvalue weighted by molar-refractivity contribution is 0.290. The van der Waals surface area contributed by atoms with Crippen molar-refractivity contribution >= 4 is 34.7 Å². The molecule has 1 aliphatic heterocycles. The van der Waals surface area contributed by atoms with E-state index in [1.807, 2.05) is 6.92 Å². The Hall–Kier alpha value is -1.80. The Morgan fingerprint density at radius 1 is 1.19 bits per heavy atom. The Morgan fingerprint density at radius 3 is 2.44 bits per heavy atom. The minimum absolute atomic E-state index is 0.0482. The van der Waals surface area contributed by atoms with Crippen molar-refractivity contribution in [3.8, 4) is 11.5 Å². The van der Waals surface area contributed by atoms with Crippen molar-refractivity contribution in [1.29, 1.82) is 0 Å². The highest BCUT2D eigenvalue weighted by atomic mass is 32.1. The highest BCUT2D eigenvalue weighted by Crippen LogP contribution is 2.37. The van der Waals surface area contributed by atoms with Gasteiger partial charge in [0.1, 0.15) is 0 Å². The van der Waals surface area contributed by atoms with Gasteiger partial charge in [0.15, 0.2) is 21.7 Å². The molecule has 150 valence electrons. The van der Waals surface area contributed by atoms with Gasteiger partial charge in [-0.05, 0) is 74.9 Å². The number of methoxy groups -OCH3 is 2. The predicted octanol–water partition coefficient (Wildman–Crippen LogP) is 2.37. The second-order valence-corrected chi connectivity index (χ2v) is 7.50. The van der Waals surface area contributed by atoms with Crippen molar-refractivity contribution in [3.05, 3.63) is 23.3 Å². The largest absolute Gasteiger partial charge is 0.493 e. The molecule has 0 fully saturated rings. The van der Waals surface area contributed by atoms with Crippen LogP contribution in [0.1, 0.15) is 37.9 Å². The Kier molecular flexibility index (Phi) is 7.91. The van der Waals surface area contributed by atoms with Gasteiger partial charge in [0, 0.05) is 25.7 Å². The summed E-state index contributed by atoms with van der Waals surface area (Å²) in [6.45, 7) is 8.45. The van der Waals surface area contributed by atoms with Crippen LogP contribution in [0.3, 0.4) is 0 Å². The van der Waals surface area contributed by atoms with Crippen molar-refractivity contribution in [2.75, 3.05) is 33.9 Å². The van der Waals surface area contributed by atoms with Gasteiger partial charge in [-0.2, -0.15) is 0 Å². The second-order valence-electron chi connectivity index (χ2n) is 6.71. The molecule has 0 saturated heterocycles. The maximum absolute atomic E-state index is 5.62. The third-order valence-electron chi connectivity index (χ3n) is 4.47. The first-order valence-corrected chi connectivity index (χ1v) is 10.1. The van der Waals surface area contributed by atoms with Gasteiger partial charge in [0.2, 0.25) is 0 Å². The molecule has 1 atom stereocenters. The summed E-state index contributed by atoms with van der Waals surface area (Å²) in [6, 6.07) is 4.46. The van der Waals surface area contributed by atoms with Crippen molar-refractivity contribution in [2.45, 2.75) is 39.3 Å². The van der Waals surface area contributed by atoms with Crippen LogP contribution in [0.4, 0.5) is 0 Å². The standard InChI is InChI=1S/C19H30N4O2S2/c1-6-20-19(27)23-8-7-13-9-16(24-4)17(25-5)10-14(13)15(23)11-21-18(26)22-12(2)3/h9-10,12,15H,6-8,11H2,1-5H3,(H,20,27)(H2,21,22,26). The van der Waals surface area contributed by atoms with E-state index in [4.69, 9.17) is 33.9 Å². The maximum atomic E-state index is 5.62. The van der Waals surface area contributed by atoms with Crippen LogP contribution in [0.5, 0.6) is 11.5 Å². The minimum atomic E-state index is 0.0482. The zero-order valence-corrected chi connectivity index (χ0v) is 18.4. The molecule has 0 aliphatic carbocycles. The Labute approximate surface area is 173 Å². The van der Waals surface area contributed by atoms with Crippen LogP contribution >= 0.6 is 24.4 Å². The van der Waals surface area contributed by atoms with Gasteiger partial charge in [-0.3, -0.25) is 0 Å². The molecular formula is C19H30N4O2S2. The van der Waals surface area contributed by atoms with E-state index in [1.54, 1.807) is 14.2 Å². The fourth-order valence-electron chi connectivity index (χ4n) is 3.25. The molecule has 2 rings (SSSR count). The van der Waals surface area contributed by atoms with Crippen molar-refractivity contribution in [2.24, 2.45) is 0 Å². The number of thiocarbonyl (C=S) groups is 2. The summed E-state index contributed by atoms with van der Waals surface area (Å²) < 4.78 is 11.0. The Bertz CT molecular complexity index is 682. The summed E-state index contributed by atoms with van der Waals surface area (Å²) in [4.78, 5) is 2.22. The molecule has 1 unspecified atom stereocenters. The first kappa shape index (κ1) is 21.5. The molecule has 0 saturated carbocycles. The van der Waals surface area contributed by atoms with Gasteiger partial charge >= 0.3 is 0 Å². The summed E-state index contributed by atoms with van der Waals surface area (Å²) in [5.74, 6) is 1.48. The van der Waals surface area contributed by atoms with Crippen molar-refractivity contribution in [3.63, 3.8) is 0 Å².